The Kier molecular flexibility index (Phi) is 5.25. The van der Waals surface area contributed by atoms with Crippen LogP contribution in [0.2, 0.25) is 0 Å². The lowest BCUT2D eigenvalue weighted by atomic mass is 10.1. The molecule has 2 heterocycles. The lowest BCUT2D eigenvalue weighted by molar-refractivity contribution is 0.122. The highest BCUT2D eigenvalue weighted by molar-refractivity contribution is 5.49. The molecule has 0 aliphatic carbocycles. The molecular weight excluding hydrogens is 295 g/mol. The van der Waals surface area contributed by atoms with Gasteiger partial charge in [-0.25, -0.2) is 4.39 Å². The largest absolute Gasteiger partial charge is 0.378 e. The quantitative estimate of drug-likeness (QED) is 0.885. The first kappa shape index (κ1) is 16.0. The van der Waals surface area contributed by atoms with Crippen molar-refractivity contribution in [1.82, 2.24) is 15.1 Å². The molecule has 0 spiro atoms. The summed E-state index contributed by atoms with van der Waals surface area (Å²) in [6.07, 6.45) is 3.71. The maximum atomic E-state index is 14.3. The van der Waals surface area contributed by atoms with E-state index in [4.69, 9.17) is 4.74 Å². The topological polar surface area (TPSA) is 42.3 Å². The number of hydrogen-bond acceptors (Lipinski definition) is 4. The number of morpholine rings is 1. The number of benzene rings is 1. The maximum absolute atomic E-state index is 14.3. The van der Waals surface area contributed by atoms with Gasteiger partial charge in [-0.3, -0.25) is 4.68 Å². The Hall–Kier alpha value is -1.92. The van der Waals surface area contributed by atoms with Gasteiger partial charge in [-0.1, -0.05) is 6.07 Å². The molecule has 1 fully saturated rings. The zero-order valence-corrected chi connectivity index (χ0v) is 13.4. The van der Waals surface area contributed by atoms with E-state index in [1.165, 1.54) is 0 Å². The standard InChI is InChI=1S/C17H23FN4O/c1-14(13-22-6-2-5-20-22)19-12-15-3-4-17(16(18)11-15)21-7-9-23-10-8-21/h2-6,11,14,19H,7-10,12-13H2,1H3. The minimum absolute atomic E-state index is 0.161. The van der Waals surface area contributed by atoms with Crippen LogP contribution >= 0.6 is 0 Å². The fourth-order valence-electron chi connectivity index (χ4n) is 2.77. The van der Waals surface area contributed by atoms with Gasteiger partial charge in [-0.05, 0) is 30.7 Å². The van der Waals surface area contributed by atoms with Gasteiger partial charge in [-0.2, -0.15) is 5.10 Å². The second-order valence-corrected chi connectivity index (χ2v) is 5.90. The number of ether oxygens (including phenoxy) is 1. The predicted molar refractivity (Wildman–Crippen MR) is 88.0 cm³/mol. The van der Waals surface area contributed by atoms with E-state index in [0.717, 1.165) is 25.2 Å². The van der Waals surface area contributed by atoms with Crippen molar-refractivity contribution in [3.8, 4) is 0 Å². The monoisotopic (exact) mass is 318 g/mol. The molecule has 5 nitrogen and oxygen atoms in total. The molecule has 0 bridgehead atoms. The lowest BCUT2D eigenvalue weighted by Crippen LogP contribution is -2.36. The van der Waals surface area contributed by atoms with Crippen molar-refractivity contribution < 1.29 is 9.13 Å². The molecule has 1 saturated heterocycles. The molecule has 1 aliphatic heterocycles. The Bertz CT molecular complexity index is 611. The average molecular weight is 318 g/mol. The molecule has 1 N–H and O–H groups in total. The number of nitrogens with zero attached hydrogens (tertiary/aromatic N) is 3. The van der Waals surface area contributed by atoms with Crippen LogP contribution in [0.4, 0.5) is 10.1 Å². The van der Waals surface area contributed by atoms with Crippen LogP contribution in [-0.2, 0) is 17.8 Å². The molecule has 0 saturated carbocycles. The van der Waals surface area contributed by atoms with E-state index >= 15 is 0 Å². The van der Waals surface area contributed by atoms with Gasteiger partial charge in [0.1, 0.15) is 5.82 Å². The molecule has 1 aromatic heterocycles. The van der Waals surface area contributed by atoms with Crippen LogP contribution in [0.15, 0.2) is 36.7 Å². The van der Waals surface area contributed by atoms with Gasteiger partial charge in [-0.15, -0.1) is 0 Å². The molecule has 1 aliphatic rings. The summed E-state index contributed by atoms with van der Waals surface area (Å²) >= 11 is 0. The summed E-state index contributed by atoms with van der Waals surface area (Å²) in [5.41, 5.74) is 1.62. The van der Waals surface area contributed by atoms with Crippen LogP contribution in [0.5, 0.6) is 0 Å². The fraction of sp³-hybridized carbons (Fsp3) is 0.471. The van der Waals surface area contributed by atoms with Gasteiger partial charge in [0.25, 0.3) is 0 Å². The lowest BCUT2D eigenvalue weighted by Gasteiger charge is -2.29. The van der Waals surface area contributed by atoms with Crippen LogP contribution in [0.3, 0.4) is 0 Å². The Balaban J connectivity index is 1.55. The highest BCUT2D eigenvalue weighted by Gasteiger charge is 2.15. The molecule has 1 aromatic carbocycles. The molecule has 3 rings (SSSR count). The van der Waals surface area contributed by atoms with Crippen LogP contribution in [0, 0.1) is 5.82 Å². The molecule has 1 unspecified atom stereocenters. The van der Waals surface area contributed by atoms with Gasteiger partial charge in [0.15, 0.2) is 0 Å². The summed E-state index contributed by atoms with van der Waals surface area (Å²) in [6.45, 7) is 6.34. The minimum atomic E-state index is -0.161. The van der Waals surface area contributed by atoms with Crippen LogP contribution < -0.4 is 10.2 Å². The maximum Gasteiger partial charge on any atom is 0.146 e. The molecule has 0 radical (unpaired) electrons. The first-order valence-corrected chi connectivity index (χ1v) is 8.04. The SMILES string of the molecule is CC(Cn1cccn1)NCc1ccc(N2CCOCC2)c(F)c1. The van der Waals surface area contributed by atoms with E-state index in [-0.39, 0.29) is 11.9 Å². The Morgan fingerprint density at radius 3 is 2.87 bits per heavy atom. The summed E-state index contributed by atoms with van der Waals surface area (Å²) in [5.74, 6) is -0.161. The smallest absolute Gasteiger partial charge is 0.146 e. The molecule has 124 valence electrons. The number of aromatic nitrogens is 2. The van der Waals surface area contributed by atoms with Gasteiger partial charge < -0.3 is 15.0 Å². The van der Waals surface area contributed by atoms with Crippen molar-refractivity contribution in [2.45, 2.75) is 26.1 Å². The molecule has 6 heteroatoms. The molecular formula is C17H23FN4O. The number of halogens is 1. The summed E-state index contributed by atoms with van der Waals surface area (Å²) in [5, 5.41) is 7.59. The van der Waals surface area contributed by atoms with E-state index < -0.39 is 0 Å². The zero-order chi connectivity index (χ0) is 16.1. The number of nitrogens with one attached hydrogen (secondary N) is 1. The van der Waals surface area contributed by atoms with Gasteiger partial charge in [0, 0.05) is 38.1 Å². The van der Waals surface area contributed by atoms with E-state index in [9.17, 15) is 4.39 Å². The number of anilines is 1. The third-order valence-corrected chi connectivity index (χ3v) is 4.04. The third-order valence-electron chi connectivity index (χ3n) is 4.04. The third kappa shape index (κ3) is 4.30. The molecule has 1 atom stereocenters. The van der Waals surface area contributed by atoms with Crippen LogP contribution in [0.25, 0.3) is 0 Å². The summed E-state index contributed by atoms with van der Waals surface area (Å²) < 4.78 is 21.5. The average Bonchev–Trinajstić information content (AvgIpc) is 3.07. The minimum Gasteiger partial charge on any atom is -0.378 e. The highest BCUT2D eigenvalue weighted by atomic mass is 19.1. The molecule has 0 amide bonds. The van der Waals surface area contributed by atoms with E-state index in [1.54, 1.807) is 12.3 Å². The van der Waals surface area contributed by atoms with E-state index in [1.807, 2.05) is 34.0 Å². The molecule has 2 aromatic rings. The Labute approximate surface area is 136 Å². The van der Waals surface area contributed by atoms with Crippen molar-refractivity contribution >= 4 is 5.69 Å². The van der Waals surface area contributed by atoms with Crippen molar-refractivity contribution in [2.24, 2.45) is 0 Å². The predicted octanol–water partition coefficient (Wildman–Crippen LogP) is 2.04. The van der Waals surface area contributed by atoms with Crippen molar-refractivity contribution in [2.75, 3.05) is 31.2 Å². The Morgan fingerprint density at radius 1 is 1.35 bits per heavy atom. The Morgan fingerprint density at radius 2 is 2.17 bits per heavy atom. The second kappa shape index (κ2) is 7.57. The van der Waals surface area contributed by atoms with Gasteiger partial charge in [0.05, 0.1) is 25.4 Å². The van der Waals surface area contributed by atoms with Crippen molar-refractivity contribution in [1.29, 1.82) is 0 Å². The summed E-state index contributed by atoms with van der Waals surface area (Å²) in [6, 6.07) is 7.65. The zero-order valence-electron chi connectivity index (χ0n) is 13.4. The van der Waals surface area contributed by atoms with Gasteiger partial charge >= 0.3 is 0 Å². The van der Waals surface area contributed by atoms with E-state index in [0.29, 0.717) is 25.4 Å². The number of rotatable bonds is 6. The van der Waals surface area contributed by atoms with E-state index in [2.05, 4.69) is 17.3 Å². The van der Waals surface area contributed by atoms with Crippen LogP contribution in [-0.4, -0.2) is 42.1 Å². The fourth-order valence-corrected chi connectivity index (χ4v) is 2.77. The first-order chi connectivity index (χ1) is 11.2. The number of hydrogen-bond donors (Lipinski definition) is 1. The van der Waals surface area contributed by atoms with Crippen molar-refractivity contribution in [3.63, 3.8) is 0 Å². The molecule has 23 heavy (non-hydrogen) atoms. The van der Waals surface area contributed by atoms with Crippen molar-refractivity contribution in [3.05, 3.63) is 48.0 Å². The first-order valence-electron chi connectivity index (χ1n) is 8.04. The normalized spacial score (nSPS) is 16.5. The second-order valence-electron chi connectivity index (χ2n) is 5.90. The summed E-state index contributed by atoms with van der Waals surface area (Å²) in [4.78, 5) is 2.04. The highest BCUT2D eigenvalue weighted by Crippen LogP contribution is 2.21. The van der Waals surface area contributed by atoms with Crippen LogP contribution in [0.1, 0.15) is 12.5 Å². The van der Waals surface area contributed by atoms with Gasteiger partial charge in [0.2, 0.25) is 0 Å². The summed E-state index contributed by atoms with van der Waals surface area (Å²) in [7, 11) is 0.